The van der Waals surface area contributed by atoms with E-state index in [2.05, 4.69) is 40.7 Å². The first-order valence-corrected chi connectivity index (χ1v) is 8.99. The van der Waals surface area contributed by atoms with E-state index >= 15 is 0 Å². The summed E-state index contributed by atoms with van der Waals surface area (Å²) in [6.45, 7) is 2.33. The maximum absolute atomic E-state index is 12.1. The summed E-state index contributed by atoms with van der Waals surface area (Å²) < 4.78 is 2.99. The van der Waals surface area contributed by atoms with Crippen LogP contribution in [-0.4, -0.2) is 45.0 Å². The third-order valence-corrected chi connectivity index (χ3v) is 4.93. The van der Waals surface area contributed by atoms with Gasteiger partial charge in [-0.3, -0.25) is 9.69 Å². The van der Waals surface area contributed by atoms with E-state index in [4.69, 9.17) is 0 Å². The monoisotopic (exact) mass is 391 g/mol. The molecular formula is C17H22BrN5O. The fourth-order valence-corrected chi connectivity index (χ4v) is 3.27. The number of aryl methyl sites for hydroxylation is 1. The summed E-state index contributed by atoms with van der Waals surface area (Å²) in [5.41, 5.74) is 0. The minimum atomic E-state index is -0.00706. The Bertz CT molecular complexity index is 677. The molecule has 0 aromatic carbocycles. The molecular weight excluding hydrogens is 370 g/mol. The number of imidazole rings is 1. The molecule has 2 aromatic heterocycles. The molecule has 1 N–H and O–H groups in total. The van der Waals surface area contributed by atoms with Crippen LogP contribution >= 0.6 is 15.9 Å². The fourth-order valence-electron chi connectivity index (χ4n) is 3.04. The number of hydrogen-bond donors (Lipinski definition) is 1. The topological polar surface area (TPSA) is 63.1 Å². The number of hydrogen-bond acceptors (Lipinski definition) is 4. The number of anilines is 1. The van der Waals surface area contributed by atoms with Crippen LogP contribution in [-0.2, 0) is 18.3 Å². The summed E-state index contributed by atoms with van der Waals surface area (Å²) in [6.07, 6.45) is 8.76. The van der Waals surface area contributed by atoms with Gasteiger partial charge in [0, 0.05) is 36.5 Å². The van der Waals surface area contributed by atoms with Crippen LogP contribution in [0.25, 0.3) is 0 Å². The second-order valence-corrected chi connectivity index (χ2v) is 7.20. The van der Waals surface area contributed by atoms with Crippen molar-refractivity contribution in [1.29, 1.82) is 0 Å². The Morgan fingerprint density at radius 1 is 1.33 bits per heavy atom. The number of likely N-dealkylation sites (tertiary alicyclic amines) is 1. The Morgan fingerprint density at radius 2 is 2.12 bits per heavy atom. The van der Waals surface area contributed by atoms with Crippen LogP contribution in [0.5, 0.6) is 0 Å². The Balaban J connectivity index is 1.42. The SMILES string of the molecule is Cn1ccnc1CC1CCN(CC(=O)Nc2ccc(Br)cn2)CC1. The van der Waals surface area contributed by atoms with Gasteiger partial charge in [0.2, 0.25) is 5.91 Å². The molecule has 6 nitrogen and oxygen atoms in total. The fraction of sp³-hybridized carbons (Fsp3) is 0.471. The zero-order valence-electron chi connectivity index (χ0n) is 13.8. The van der Waals surface area contributed by atoms with Crippen molar-refractivity contribution in [2.45, 2.75) is 19.3 Å². The van der Waals surface area contributed by atoms with Gasteiger partial charge in [-0.25, -0.2) is 9.97 Å². The molecule has 2 aromatic rings. The van der Waals surface area contributed by atoms with E-state index in [9.17, 15) is 4.79 Å². The molecule has 1 aliphatic rings. The van der Waals surface area contributed by atoms with Crippen LogP contribution in [0.15, 0.2) is 35.2 Å². The van der Waals surface area contributed by atoms with E-state index in [-0.39, 0.29) is 5.91 Å². The number of nitrogens with one attached hydrogen (secondary N) is 1. The third-order valence-electron chi connectivity index (χ3n) is 4.46. The lowest BCUT2D eigenvalue weighted by Gasteiger charge is -2.31. The maximum Gasteiger partial charge on any atom is 0.239 e. The zero-order valence-corrected chi connectivity index (χ0v) is 15.4. The molecule has 3 heterocycles. The first kappa shape index (κ1) is 17.1. The van der Waals surface area contributed by atoms with Crippen LogP contribution in [0.4, 0.5) is 5.82 Å². The Hall–Kier alpha value is -1.73. The molecule has 1 fully saturated rings. The standard InChI is InChI=1S/C17H22BrN5O/c1-22-9-6-19-16(22)10-13-4-7-23(8-5-13)12-17(24)21-15-3-2-14(18)11-20-15/h2-3,6,9,11,13H,4-5,7-8,10,12H2,1H3,(H,20,21,24). The minimum Gasteiger partial charge on any atom is -0.338 e. The number of carbonyl (C=O) groups is 1. The number of rotatable bonds is 5. The second kappa shape index (κ2) is 7.90. The molecule has 0 radical (unpaired) electrons. The van der Waals surface area contributed by atoms with Crippen LogP contribution in [0.1, 0.15) is 18.7 Å². The number of aromatic nitrogens is 3. The highest BCUT2D eigenvalue weighted by Gasteiger charge is 2.22. The molecule has 1 amide bonds. The molecule has 0 aliphatic carbocycles. The second-order valence-electron chi connectivity index (χ2n) is 6.29. The predicted octanol–water partition coefficient (Wildman–Crippen LogP) is 2.47. The lowest BCUT2D eigenvalue weighted by molar-refractivity contribution is -0.117. The first-order valence-electron chi connectivity index (χ1n) is 8.20. The summed E-state index contributed by atoms with van der Waals surface area (Å²) >= 11 is 3.33. The third kappa shape index (κ3) is 4.64. The molecule has 0 atom stereocenters. The largest absolute Gasteiger partial charge is 0.338 e. The highest BCUT2D eigenvalue weighted by atomic mass is 79.9. The van der Waals surface area contributed by atoms with Gasteiger partial charge in [-0.1, -0.05) is 0 Å². The number of nitrogens with zero attached hydrogens (tertiary/aromatic N) is 4. The van der Waals surface area contributed by atoms with Crippen molar-refractivity contribution in [3.63, 3.8) is 0 Å². The van der Waals surface area contributed by atoms with Crippen molar-refractivity contribution in [3.8, 4) is 0 Å². The average molecular weight is 392 g/mol. The van der Waals surface area contributed by atoms with Crippen molar-refractivity contribution in [1.82, 2.24) is 19.4 Å². The van der Waals surface area contributed by atoms with Gasteiger partial charge in [0.05, 0.1) is 6.54 Å². The van der Waals surface area contributed by atoms with Gasteiger partial charge in [-0.05, 0) is 59.9 Å². The Labute approximate surface area is 150 Å². The number of pyridine rings is 1. The smallest absolute Gasteiger partial charge is 0.239 e. The number of amides is 1. The van der Waals surface area contributed by atoms with E-state index in [0.717, 1.165) is 42.6 Å². The lowest BCUT2D eigenvalue weighted by atomic mass is 9.93. The van der Waals surface area contributed by atoms with Crippen molar-refractivity contribution >= 4 is 27.7 Å². The van der Waals surface area contributed by atoms with Gasteiger partial charge in [0.15, 0.2) is 0 Å². The summed E-state index contributed by atoms with van der Waals surface area (Å²) in [6, 6.07) is 3.66. The molecule has 7 heteroatoms. The van der Waals surface area contributed by atoms with E-state index in [0.29, 0.717) is 18.3 Å². The maximum atomic E-state index is 12.1. The average Bonchev–Trinajstić information content (AvgIpc) is 2.96. The molecule has 24 heavy (non-hydrogen) atoms. The van der Waals surface area contributed by atoms with Gasteiger partial charge >= 0.3 is 0 Å². The predicted molar refractivity (Wildman–Crippen MR) is 96.6 cm³/mol. The first-order chi connectivity index (χ1) is 11.6. The number of piperidine rings is 1. The molecule has 128 valence electrons. The summed E-state index contributed by atoms with van der Waals surface area (Å²) in [4.78, 5) is 22.9. The summed E-state index contributed by atoms with van der Waals surface area (Å²) in [5, 5.41) is 2.85. The Kier molecular flexibility index (Phi) is 5.63. The normalized spacial score (nSPS) is 16.2. The van der Waals surface area contributed by atoms with Crippen LogP contribution in [0.3, 0.4) is 0 Å². The number of carbonyl (C=O) groups excluding carboxylic acids is 1. The highest BCUT2D eigenvalue weighted by molar-refractivity contribution is 9.10. The van der Waals surface area contributed by atoms with E-state index in [1.54, 1.807) is 12.3 Å². The van der Waals surface area contributed by atoms with Gasteiger partial charge < -0.3 is 9.88 Å². The molecule has 0 spiro atoms. The van der Waals surface area contributed by atoms with Crippen molar-refractivity contribution in [2.75, 3.05) is 25.0 Å². The van der Waals surface area contributed by atoms with Gasteiger partial charge in [-0.2, -0.15) is 0 Å². The highest BCUT2D eigenvalue weighted by Crippen LogP contribution is 2.21. The Morgan fingerprint density at radius 3 is 2.75 bits per heavy atom. The zero-order chi connectivity index (χ0) is 16.9. The van der Waals surface area contributed by atoms with Crippen molar-refractivity contribution in [3.05, 3.63) is 41.0 Å². The van der Waals surface area contributed by atoms with Crippen LogP contribution in [0.2, 0.25) is 0 Å². The minimum absolute atomic E-state index is 0.00706. The molecule has 1 aliphatic heterocycles. The van der Waals surface area contributed by atoms with E-state index in [1.165, 1.54) is 0 Å². The van der Waals surface area contributed by atoms with Crippen LogP contribution < -0.4 is 5.32 Å². The van der Waals surface area contributed by atoms with Crippen molar-refractivity contribution in [2.24, 2.45) is 13.0 Å². The molecule has 1 saturated heterocycles. The summed E-state index contributed by atoms with van der Waals surface area (Å²) in [7, 11) is 2.04. The van der Waals surface area contributed by atoms with Crippen LogP contribution in [0, 0.1) is 5.92 Å². The van der Waals surface area contributed by atoms with E-state index < -0.39 is 0 Å². The lowest BCUT2D eigenvalue weighted by Crippen LogP contribution is -2.39. The molecule has 0 saturated carbocycles. The van der Waals surface area contributed by atoms with Gasteiger partial charge in [0.1, 0.15) is 11.6 Å². The quantitative estimate of drug-likeness (QED) is 0.849. The molecule has 0 bridgehead atoms. The van der Waals surface area contributed by atoms with E-state index in [1.807, 2.05) is 25.5 Å². The number of halogens is 1. The summed E-state index contributed by atoms with van der Waals surface area (Å²) in [5.74, 6) is 2.38. The molecule has 0 unspecified atom stereocenters. The van der Waals surface area contributed by atoms with Crippen molar-refractivity contribution < 1.29 is 4.79 Å². The molecule has 3 rings (SSSR count). The van der Waals surface area contributed by atoms with Gasteiger partial charge in [-0.15, -0.1) is 0 Å². The van der Waals surface area contributed by atoms with Gasteiger partial charge in [0.25, 0.3) is 0 Å².